The molecule has 84 valence electrons. The molecule has 0 unspecified atom stereocenters. The molecule has 0 saturated carbocycles. The number of ether oxygens (including phenoxy) is 1. The molecule has 0 aromatic carbocycles. The van der Waals surface area contributed by atoms with E-state index in [0.29, 0.717) is 5.15 Å². The van der Waals surface area contributed by atoms with Crippen LogP contribution in [0.1, 0.15) is 12.5 Å². The van der Waals surface area contributed by atoms with Crippen LogP contribution in [0.5, 0.6) is 0 Å². The average molecular weight is 229 g/mol. The second-order valence-corrected chi connectivity index (χ2v) is 3.74. The van der Waals surface area contributed by atoms with Gasteiger partial charge in [-0.05, 0) is 18.2 Å². The SMILES string of the molecule is CCN(CCOC)Cc1ccc(Cl)nc1. The molecule has 0 radical (unpaired) electrons. The number of nitrogens with zero attached hydrogens (tertiary/aromatic N) is 2. The predicted molar refractivity (Wildman–Crippen MR) is 62.1 cm³/mol. The van der Waals surface area contributed by atoms with Crippen molar-refractivity contribution in [3.05, 3.63) is 29.0 Å². The maximum Gasteiger partial charge on any atom is 0.129 e. The van der Waals surface area contributed by atoms with Crippen molar-refractivity contribution in [3.63, 3.8) is 0 Å². The van der Waals surface area contributed by atoms with Gasteiger partial charge in [-0.15, -0.1) is 0 Å². The fraction of sp³-hybridized carbons (Fsp3) is 0.545. The molecule has 0 bridgehead atoms. The fourth-order valence-electron chi connectivity index (χ4n) is 1.33. The topological polar surface area (TPSA) is 25.4 Å². The van der Waals surface area contributed by atoms with Gasteiger partial charge in [0.2, 0.25) is 0 Å². The van der Waals surface area contributed by atoms with Crippen LogP contribution in [0.3, 0.4) is 0 Å². The molecule has 0 aliphatic rings. The van der Waals surface area contributed by atoms with Crippen molar-refractivity contribution in [1.82, 2.24) is 9.88 Å². The van der Waals surface area contributed by atoms with Gasteiger partial charge in [0.25, 0.3) is 0 Å². The normalized spacial score (nSPS) is 10.9. The Kier molecular flexibility index (Phi) is 5.61. The minimum absolute atomic E-state index is 0.540. The smallest absolute Gasteiger partial charge is 0.129 e. The minimum Gasteiger partial charge on any atom is -0.383 e. The number of pyridine rings is 1. The van der Waals surface area contributed by atoms with Crippen molar-refractivity contribution in [2.75, 3.05) is 26.8 Å². The van der Waals surface area contributed by atoms with Crippen molar-refractivity contribution < 1.29 is 4.74 Å². The van der Waals surface area contributed by atoms with Gasteiger partial charge in [-0.25, -0.2) is 4.98 Å². The van der Waals surface area contributed by atoms with E-state index in [1.54, 1.807) is 7.11 Å². The minimum atomic E-state index is 0.540. The molecule has 1 heterocycles. The van der Waals surface area contributed by atoms with Crippen LogP contribution in [-0.2, 0) is 11.3 Å². The third-order valence-electron chi connectivity index (χ3n) is 2.25. The highest BCUT2D eigenvalue weighted by atomic mass is 35.5. The zero-order valence-electron chi connectivity index (χ0n) is 9.24. The van der Waals surface area contributed by atoms with Crippen LogP contribution >= 0.6 is 11.6 Å². The maximum absolute atomic E-state index is 5.72. The summed E-state index contributed by atoms with van der Waals surface area (Å²) in [4.78, 5) is 6.35. The van der Waals surface area contributed by atoms with E-state index < -0.39 is 0 Å². The van der Waals surface area contributed by atoms with Crippen molar-refractivity contribution in [2.45, 2.75) is 13.5 Å². The lowest BCUT2D eigenvalue weighted by Gasteiger charge is -2.19. The molecular weight excluding hydrogens is 212 g/mol. The molecule has 3 nitrogen and oxygen atoms in total. The molecular formula is C11H17ClN2O. The van der Waals surface area contributed by atoms with Crippen LogP contribution in [0, 0.1) is 0 Å². The zero-order chi connectivity index (χ0) is 11.1. The summed E-state index contributed by atoms with van der Waals surface area (Å²) in [7, 11) is 1.72. The maximum atomic E-state index is 5.72. The van der Waals surface area contributed by atoms with Crippen molar-refractivity contribution in [1.29, 1.82) is 0 Å². The van der Waals surface area contributed by atoms with Crippen molar-refractivity contribution in [2.24, 2.45) is 0 Å². The lowest BCUT2D eigenvalue weighted by Crippen LogP contribution is -2.26. The van der Waals surface area contributed by atoms with Gasteiger partial charge < -0.3 is 4.74 Å². The number of halogens is 1. The van der Waals surface area contributed by atoms with Crippen LogP contribution < -0.4 is 0 Å². The Morgan fingerprint density at radius 2 is 2.27 bits per heavy atom. The Bertz CT molecular complexity index is 276. The van der Waals surface area contributed by atoms with E-state index >= 15 is 0 Å². The van der Waals surface area contributed by atoms with E-state index in [1.807, 2.05) is 18.3 Å². The average Bonchev–Trinajstić information content (AvgIpc) is 2.27. The number of hydrogen-bond acceptors (Lipinski definition) is 3. The molecule has 15 heavy (non-hydrogen) atoms. The molecule has 4 heteroatoms. The van der Waals surface area contributed by atoms with Gasteiger partial charge in [-0.2, -0.15) is 0 Å². The van der Waals surface area contributed by atoms with Gasteiger partial charge >= 0.3 is 0 Å². The van der Waals surface area contributed by atoms with Crippen molar-refractivity contribution in [3.8, 4) is 0 Å². The molecule has 0 aliphatic carbocycles. The number of hydrogen-bond donors (Lipinski definition) is 0. The van der Waals surface area contributed by atoms with E-state index in [1.165, 1.54) is 5.56 Å². The number of aromatic nitrogens is 1. The third kappa shape index (κ3) is 4.60. The summed E-state index contributed by atoms with van der Waals surface area (Å²) in [5.74, 6) is 0. The molecule has 1 aromatic rings. The van der Waals surface area contributed by atoms with E-state index in [2.05, 4.69) is 16.8 Å². The summed E-state index contributed by atoms with van der Waals surface area (Å²) in [6, 6.07) is 3.83. The predicted octanol–water partition coefficient (Wildman–Crippen LogP) is 2.20. The van der Waals surface area contributed by atoms with Gasteiger partial charge in [-0.1, -0.05) is 24.6 Å². The first-order valence-electron chi connectivity index (χ1n) is 5.08. The Hall–Kier alpha value is -0.640. The molecule has 0 spiro atoms. The van der Waals surface area contributed by atoms with Crippen molar-refractivity contribution >= 4 is 11.6 Å². The van der Waals surface area contributed by atoms with Crippen LogP contribution in [0.4, 0.5) is 0 Å². The summed E-state index contributed by atoms with van der Waals surface area (Å²) in [5, 5.41) is 0.540. The number of rotatable bonds is 6. The van der Waals surface area contributed by atoms with Gasteiger partial charge in [0.05, 0.1) is 6.61 Å². The molecule has 0 N–H and O–H groups in total. The molecule has 0 fully saturated rings. The highest BCUT2D eigenvalue weighted by molar-refractivity contribution is 6.29. The molecule has 1 aromatic heterocycles. The largest absolute Gasteiger partial charge is 0.383 e. The third-order valence-corrected chi connectivity index (χ3v) is 2.48. The Morgan fingerprint density at radius 3 is 2.80 bits per heavy atom. The van der Waals surface area contributed by atoms with E-state index in [0.717, 1.165) is 26.2 Å². The summed E-state index contributed by atoms with van der Waals surface area (Å²) in [6.45, 7) is 5.74. The summed E-state index contributed by atoms with van der Waals surface area (Å²) < 4.78 is 5.05. The van der Waals surface area contributed by atoms with Crippen LogP contribution in [0.2, 0.25) is 5.15 Å². The van der Waals surface area contributed by atoms with Gasteiger partial charge in [0.15, 0.2) is 0 Å². The van der Waals surface area contributed by atoms with E-state index in [9.17, 15) is 0 Å². The highest BCUT2D eigenvalue weighted by Gasteiger charge is 2.03. The Morgan fingerprint density at radius 1 is 1.47 bits per heavy atom. The fourth-order valence-corrected chi connectivity index (χ4v) is 1.44. The molecule has 1 rings (SSSR count). The lowest BCUT2D eigenvalue weighted by atomic mass is 10.2. The highest BCUT2D eigenvalue weighted by Crippen LogP contribution is 2.07. The number of methoxy groups -OCH3 is 1. The molecule has 0 amide bonds. The summed E-state index contributed by atoms with van der Waals surface area (Å²) >= 11 is 5.72. The quantitative estimate of drug-likeness (QED) is 0.698. The number of likely N-dealkylation sites (N-methyl/N-ethyl adjacent to an activating group) is 1. The van der Waals surface area contributed by atoms with Crippen LogP contribution in [0.25, 0.3) is 0 Å². The van der Waals surface area contributed by atoms with Gasteiger partial charge in [0, 0.05) is 26.4 Å². The molecule has 0 saturated heterocycles. The Balaban J connectivity index is 2.47. The second-order valence-electron chi connectivity index (χ2n) is 3.35. The second kappa shape index (κ2) is 6.77. The first-order valence-corrected chi connectivity index (χ1v) is 5.45. The van der Waals surface area contributed by atoms with Gasteiger partial charge in [-0.3, -0.25) is 4.90 Å². The summed E-state index contributed by atoms with van der Waals surface area (Å²) in [5.41, 5.74) is 1.18. The Labute approximate surface area is 96.0 Å². The van der Waals surface area contributed by atoms with E-state index in [4.69, 9.17) is 16.3 Å². The lowest BCUT2D eigenvalue weighted by molar-refractivity contribution is 0.147. The van der Waals surface area contributed by atoms with Crippen LogP contribution in [-0.4, -0.2) is 36.7 Å². The summed E-state index contributed by atoms with van der Waals surface area (Å²) in [6.07, 6.45) is 1.82. The van der Waals surface area contributed by atoms with E-state index in [-0.39, 0.29) is 0 Å². The zero-order valence-corrected chi connectivity index (χ0v) is 10.00. The standard InChI is InChI=1S/C11H17ClN2O/c1-3-14(6-7-15-2)9-10-4-5-11(12)13-8-10/h4-5,8H,3,6-7,9H2,1-2H3. The van der Waals surface area contributed by atoms with Crippen LogP contribution in [0.15, 0.2) is 18.3 Å². The molecule has 0 atom stereocenters. The monoisotopic (exact) mass is 228 g/mol. The first-order chi connectivity index (χ1) is 7.26. The van der Waals surface area contributed by atoms with Gasteiger partial charge in [0.1, 0.15) is 5.15 Å². The molecule has 0 aliphatic heterocycles. The first kappa shape index (κ1) is 12.4.